The van der Waals surface area contributed by atoms with Gasteiger partial charge in [0.05, 0.1) is 14.4 Å². The molecule has 4 nitrogen and oxygen atoms in total. The van der Waals surface area contributed by atoms with Crippen molar-refractivity contribution in [1.82, 2.24) is 0 Å². The average molecular weight is 352 g/mol. The maximum Gasteiger partial charge on any atom is 0.309 e. The standard InChI is InChI=1S/C17H21O4PS/c1-2-5-15(16(18)19)17(20,22-21)11-23-14-9-8-12-6-3-4-7-13(12)10-14/h3-4,6-10,15,20H,2,5,11,22H2,1H3,(H,18,19). The summed E-state index contributed by atoms with van der Waals surface area (Å²) in [6.07, 6.45) is 0.943. The van der Waals surface area contributed by atoms with E-state index >= 15 is 0 Å². The zero-order valence-corrected chi connectivity index (χ0v) is 14.9. The van der Waals surface area contributed by atoms with E-state index in [9.17, 15) is 19.6 Å². The molecular weight excluding hydrogens is 331 g/mol. The van der Waals surface area contributed by atoms with E-state index < -0.39 is 25.7 Å². The van der Waals surface area contributed by atoms with Crippen LogP contribution in [0, 0.1) is 5.92 Å². The monoisotopic (exact) mass is 352 g/mol. The molecule has 0 aromatic heterocycles. The summed E-state index contributed by atoms with van der Waals surface area (Å²) in [5.41, 5.74) is 0. The number of carbonyl (C=O) groups is 1. The minimum Gasteiger partial charge on any atom is -0.481 e. The molecule has 0 aliphatic heterocycles. The van der Waals surface area contributed by atoms with Gasteiger partial charge in [0.2, 0.25) is 0 Å². The smallest absolute Gasteiger partial charge is 0.309 e. The summed E-state index contributed by atoms with van der Waals surface area (Å²) >= 11 is 1.35. The van der Waals surface area contributed by atoms with E-state index in [1.165, 1.54) is 11.8 Å². The second-order valence-corrected chi connectivity index (χ2v) is 7.87. The predicted molar refractivity (Wildman–Crippen MR) is 96.1 cm³/mol. The summed E-state index contributed by atoms with van der Waals surface area (Å²) in [4.78, 5) is 12.3. The highest BCUT2D eigenvalue weighted by Crippen LogP contribution is 2.38. The number of fused-ring (bicyclic) bond motifs is 1. The Kier molecular flexibility index (Phi) is 6.28. The number of hydrogen-bond donors (Lipinski definition) is 2. The Morgan fingerprint density at radius 1 is 1.26 bits per heavy atom. The van der Waals surface area contributed by atoms with Gasteiger partial charge in [-0.2, -0.15) is 0 Å². The highest BCUT2D eigenvalue weighted by Gasteiger charge is 2.40. The minimum atomic E-state index is -1.65. The molecule has 0 radical (unpaired) electrons. The molecule has 2 N–H and O–H groups in total. The molecule has 6 heteroatoms. The number of carboxylic acid groups (broad SMARTS) is 1. The van der Waals surface area contributed by atoms with Gasteiger partial charge in [0.25, 0.3) is 0 Å². The van der Waals surface area contributed by atoms with Gasteiger partial charge in [0, 0.05) is 10.6 Å². The Balaban J connectivity index is 2.17. The van der Waals surface area contributed by atoms with Gasteiger partial charge in [-0.3, -0.25) is 4.79 Å². The van der Waals surface area contributed by atoms with Crippen LogP contribution in [0.4, 0.5) is 0 Å². The first-order chi connectivity index (χ1) is 11.0. The summed E-state index contributed by atoms with van der Waals surface area (Å²) in [6, 6.07) is 13.9. The van der Waals surface area contributed by atoms with Crippen molar-refractivity contribution in [2.45, 2.75) is 30.0 Å². The fraction of sp³-hybridized carbons (Fsp3) is 0.353. The number of hydrogen-bond acceptors (Lipinski definition) is 4. The first-order valence-electron chi connectivity index (χ1n) is 7.53. The lowest BCUT2D eigenvalue weighted by atomic mass is 9.98. The van der Waals surface area contributed by atoms with Crippen LogP contribution < -0.4 is 0 Å². The SMILES string of the molecule is CCCC(C(=O)O)C(O)(CSc1ccc2ccccc2c1)[PH2]=O. The Morgan fingerprint density at radius 3 is 2.57 bits per heavy atom. The van der Waals surface area contributed by atoms with Crippen LogP contribution >= 0.6 is 20.2 Å². The van der Waals surface area contributed by atoms with Crippen LogP contribution in [0.25, 0.3) is 10.8 Å². The highest BCUT2D eigenvalue weighted by atomic mass is 32.2. The first kappa shape index (κ1) is 18.1. The van der Waals surface area contributed by atoms with E-state index in [0.29, 0.717) is 12.8 Å². The van der Waals surface area contributed by atoms with Gasteiger partial charge < -0.3 is 14.8 Å². The molecule has 0 spiro atoms. The lowest BCUT2D eigenvalue weighted by Gasteiger charge is -2.28. The van der Waals surface area contributed by atoms with Crippen molar-refractivity contribution in [2.75, 3.05) is 5.75 Å². The Morgan fingerprint density at radius 2 is 1.96 bits per heavy atom. The molecule has 0 aliphatic carbocycles. The molecule has 0 bridgehead atoms. The summed E-state index contributed by atoms with van der Waals surface area (Å²) in [7, 11) is -1.61. The number of rotatable bonds is 8. The second-order valence-electron chi connectivity index (χ2n) is 5.59. The number of aliphatic hydroxyl groups is 1. The maximum atomic E-state index is 11.6. The van der Waals surface area contributed by atoms with Crippen molar-refractivity contribution in [3.63, 3.8) is 0 Å². The number of thioether (sulfide) groups is 1. The summed E-state index contributed by atoms with van der Waals surface area (Å²) in [5.74, 6) is -1.97. The van der Waals surface area contributed by atoms with E-state index in [-0.39, 0.29) is 5.75 Å². The van der Waals surface area contributed by atoms with Gasteiger partial charge in [-0.15, -0.1) is 11.8 Å². The van der Waals surface area contributed by atoms with Crippen LogP contribution in [0.15, 0.2) is 47.4 Å². The molecule has 0 heterocycles. The molecular formula is C17H21O4PS. The Bertz CT molecular complexity index is 706. The van der Waals surface area contributed by atoms with Crippen LogP contribution in [-0.2, 0) is 9.36 Å². The molecule has 0 amide bonds. The lowest BCUT2D eigenvalue weighted by molar-refractivity contribution is -0.146. The predicted octanol–water partition coefficient (Wildman–Crippen LogP) is 3.88. The topological polar surface area (TPSA) is 74.6 Å². The molecule has 3 atom stereocenters. The minimum absolute atomic E-state index is 0.112. The van der Waals surface area contributed by atoms with Crippen molar-refractivity contribution in [3.8, 4) is 0 Å². The van der Waals surface area contributed by atoms with Crippen LogP contribution in [0.5, 0.6) is 0 Å². The van der Waals surface area contributed by atoms with Crippen LogP contribution in [0.2, 0.25) is 0 Å². The van der Waals surface area contributed by atoms with Gasteiger partial charge in [-0.25, -0.2) is 0 Å². The molecule has 0 saturated carbocycles. The molecule has 0 fully saturated rings. The van der Waals surface area contributed by atoms with Crippen LogP contribution in [0.3, 0.4) is 0 Å². The quantitative estimate of drug-likeness (QED) is 0.557. The number of carboxylic acids is 1. The van der Waals surface area contributed by atoms with E-state index in [1.54, 1.807) is 0 Å². The van der Waals surface area contributed by atoms with Crippen molar-refractivity contribution in [1.29, 1.82) is 0 Å². The number of aliphatic carboxylic acids is 1. The Hall–Kier alpha value is -1.29. The van der Waals surface area contributed by atoms with Crippen molar-refractivity contribution in [3.05, 3.63) is 42.5 Å². The molecule has 3 unspecified atom stereocenters. The molecule has 0 saturated heterocycles. The average Bonchev–Trinajstić information content (AvgIpc) is 2.57. The van der Waals surface area contributed by atoms with Gasteiger partial charge >= 0.3 is 5.97 Å². The largest absolute Gasteiger partial charge is 0.481 e. The fourth-order valence-electron chi connectivity index (χ4n) is 2.55. The third-order valence-electron chi connectivity index (χ3n) is 3.87. The van der Waals surface area contributed by atoms with Crippen molar-refractivity contribution >= 4 is 37.0 Å². The van der Waals surface area contributed by atoms with Gasteiger partial charge in [0.1, 0.15) is 5.34 Å². The zero-order chi connectivity index (χ0) is 16.9. The third kappa shape index (κ3) is 4.37. The lowest BCUT2D eigenvalue weighted by Crippen LogP contribution is -2.39. The molecule has 0 aliphatic rings. The first-order valence-corrected chi connectivity index (χ1v) is 9.56. The normalized spacial score (nSPS) is 15.7. The molecule has 124 valence electrons. The van der Waals surface area contributed by atoms with Crippen molar-refractivity contribution < 1.29 is 19.6 Å². The third-order valence-corrected chi connectivity index (χ3v) is 6.38. The molecule has 23 heavy (non-hydrogen) atoms. The van der Waals surface area contributed by atoms with E-state index in [0.717, 1.165) is 15.7 Å². The van der Waals surface area contributed by atoms with Gasteiger partial charge in [0.15, 0.2) is 0 Å². The van der Waals surface area contributed by atoms with Crippen LogP contribution in [-0.4, -0.2) is 27.3 Å². The van der Waals surface area contributed by atoms with E-state index in [1.807, 2.05) is 49.4 Å². The van der Waals surface area contributed by atoms with Crippen LogP contribution in [0.1, 0.15) is 19.8 Å². The molecule has 2 aromatic rings. The van der Waals surface area contributed by atoms with Crippen molar-refractivity contribution in [2.24, 2.45) is 5.92 Å². The highest BCUT2D eigenvalue weighted by molar-refractivity contribution is 7.99. The number of benzene rings is 2. The Labute approximate surface area is 141 Å². The molecule has 2 aromatic carbocycles. The maximum absolute atomic E-state index is 11.6. The zero-order valence-electron chi connectivity index (χ0n) is 12.9. The fourth-order valence-corrected chi connectivity index (χ4v) is 4.52. The molecule has 2 rings (SSSR count). The van der Waals surface area contributed by atoms with E-state index in [4.69, 9.17) is 0 Å². The summed E-state index contributed by atoms with van der Waals surface area (Å²) in [5, 5.41) is 20.4. The van der Waals surface area contributed by atoms with Gasteiger partial charge in [-0.1, -0.05) is 43.7 Å². The summed E-state index contributed by atoms with van der Waals surface area (Å²) < 4.78 is 11.6. The van der Waals surface area contributed by atoms with E-state index in [2.05, 4.69) is 0 Å². The summed E-state index contributed by atoms with van der Waals surface area (Å²) in [6.45, 7) is 1.85. The second kappa shape index (κ2) is 8.00. The van der Waals surface area contributed by atoms with Gasteiger partial charge in [-0.05, 0) is 29.3 Å².